The Morgan fingerprint density at radius 1 is 1.06 bits per heavy atom. The van der Waals surface area contributed by atoms with Crippen molar-refractivity contribution in [2.45, 2.75) is 37.8 Å². The van der Waals surface area contributed by atoms with E-state index in [1.807, 2.05) is 35.1 Å². The van der Waals surface area contributed by atoms with E-state index < -0.39 is 22.0 Å². The molecule has 2 aliphatic rings. The molecule has 1 aliphatic carbocycles. The standard InChI is InChI=1S/C25H31N3O5S/c1-34(32,33)26-24(29)21-9-7-18(8-10-21)16-27-13-11-19(12-14-27)17-28(25(30)31)23-15-22(23)20-5-3-2-4-6-20/h2-10,19,22-23H,11-17H2,1H3,(H,26,29)(H,30,31)/t22-,23+/m0/s1. The lowest BCUT2D eigenvalue weighted by atomic mass is 9.95. The molecular weight excluding hydrogens is 454 g/mol. The molecule has 2 N–H and O–H groups in total. The Hall–Kier alpha value is -2.91. The maximum absolute atomic E-state index is 11.9. The summed E-state index contributed by atoms with van der Waals surface area (Å²) < 4.78 is 24.4. The maximum Gasteiger partial charge on any atom is 0.407 e. The van der Waals surface area contributed by atoms with Gasteiger partial charge in [-0.25, -0.2) is 17.9 Å². The first-order valence-corrected chi connectivity index (χ1v) is 13.5. The van der Waals surface area contributed by atoms with Gasteiger partial charge < -0.3 is 10.0 Å². The van der Waals surface area contributed by atoms with Crippen LogP contribution in [-0.2, 0) is 16.6 Å². The van der Waals surface area contributed by atoms with Crippen LogP contribution in [0.15, 0.2) is 54.6 Å². The Morgan fingerprint density at radius 2 is 1.71 bits per heavy atom. The number of carboxylic acid groups (broad SMARTS) is 1. The number of nitrogens with one attached hydrogen (secondary N) is 1. The third-order valence-electron chi connectivity index (χ3n) is 6.69. The molecule has 2 amide bonds. The quantitative estimate of drug-likeness (QED) is 0.595. The van der Waals surface area contributed by atoms with Gasteiger partial charge in [0.1, 0.15) is 0 Å². The van der Waals surface area contributed by atoms with Crippen LogP contribution in [0.5, 0.6) is 0 Å². The zero-order valence-electron chi connectivity index (χ0n) is 19.3. The number of sulfonamides is 1. The highest BCUT2D eigenvalue weighted by molar-refractivity contribution is 7.89. The number of hydrogen-bond donors (Lipinski definition) is 2. The lowest BCUT2D eigenvalue weighted by Crippen LogP contribution is -2.41. The predicted octanol–water partition coefficient (Wildman–Crippen LogP) is 3.12. The van der Waals surface area contributed by atoms with Gasteiger partial charge >= 0.3 is 6.09 Å². The molecule has 1 heterocycles. The van der Waals surface area contributed by atoms with Crippen molar-refractivity contribution >= 4 is 22.0 Å². The molecule has 8 nitrogen and oxygen atoms in total. The molecule has 34 heavy (non-hydrogen) atoms. The molecule has 1 aliphatic heterocycles. The summed E-state index contributed by atoms with van der Waals surface area (Å²) in [7, 11) is -3.59. The molecule has 0 bridgehead atoms. The topological polar surface area (TPSA) is 107 Å². The fourth-order valence-corrected chi connectivity index (χ4v) is 5.25. The van der Waals surface area contributed by atoms with Gasteiger partial charge in [-0.1, -0.05) is 42.5 Å². The molecule has 0 unspecified atom stereocenters. The van der Waals surface area contributed by atoms with Gasteiger partial charge in [-0.3, -0.25) is 9.69 Å². The molecular formula is C25H31N3O5S. The fraction of sp³-hybridized carbons (Fsp3) is 0.440. The largest absolute Gasteiger partial charge is 0.465 e. The lowest BCUT2D eigenvalue weighted by molar-refractivity contribution is 0.0981. The van der Waals surface area contributed by atoms with Crippen molar-refractivity contribution in [2.75, 3.05) is 25.9 Å². The van der Waals surface area contributed by atoms with Crippen LogP contribution < -0.4 is 4.72 Å². The second-order valence-electron chi connectivity index (χ2n) is 9.37. The second-order valence-corrected chi connectivity index (χ2v) is 11.1. The molecule has 1 saturated heterocycles. The number of rotatable bonds is 8. The van der Waals surface area contributed by atoms with E-state index in [1.165, 1.54) is 5.56 Å². The number of hydrogen-bond acceptors (Lipinski definition) is 5. The molecule has 0 aromatic heterocycles. The van der Waals surface area contributed by atoms with Crippen LogP contribution in [0.3, 0.4) is 0 Å². The third kappa shape index (κ3) is 6.36. The van der Waals surface area contributed by atoms with E-state index in [2.05, 4.69) is 17.0 Å². The molecule has 0 spiro atoms. The van der Waals surface area contributed by atoms with E-state index in [0.29, 0.717) is 23.9 Å². The average Bonchev–Trinajstić information content (AvgIpc) is 3.59. The summed E-state index contributed by atoms with van der Waals surface area (Å²) in [6.07, 6.45) is 2.91. The van der Waals surface area contributed by atoms with Gasteiger partial charge in [-0.15, -0.1) is 0 Å². The Balaban J connectivity index is 1.25. The third-order valence-corrected chi connectivity index (χ3v) is 7.25. The van der Waals surface area contributed by atoms with Gasteiger partial charge in [-0.2, -0.15) is 0 Å². The van der Waals surface area contributed by atoms with Gasteiger partial charge in [0.15, 0.2) is 0 Å². The minimum Gasteiger partial charge on any atom is -0.465 e. The van der Waals surface area contributed by atoms with Crippen molar-refractivity contribution in [3.8, 4) is 0 Å². The van der Waals surface area contributed by atoms with Gasteiger partial charge in [0.2, 0.25) is 10.0 Å². The first kappa shape index (κ1) is 24.2. The number of carbonyl (C=O) groups is 2. The molecule has 2 atom stereocenters. The van der Waals surface area contributed by atoms with E-state index >= 15 is 0 Å². The highest BCUT2D eigenvalue weighted by atomic mass is 32.2. The normalized spacial score (nSPS) is 21.1. The number of likely N-dealkylation sites (tertiary alicyclic amines) is 1. The van der Waals surface area contributed by atoms with Crippen LogP contribution in [0.4, 0.5) is 4.79 Å². The summed E-state index contributed by atoms with van der Waals surface area (Å²) >= 11 is 0. The van der Waals surface area contributed by atoms with Gasteiger partial charge in [0, 0.05) is 30.6 Å². The minimum atomic E-state index is -3.59. The van der Waals surface area contributed by atoms with Crippen LogP contribution in [0, 0.1) is 5.92 Å². The van der Waals surface area contributed by atoms with Crippen LogP contribution in [0.25, 0.3) is 0 Å². The predicted molar refractivity (Wildman–Crippen MR) is 129 cm³/mol. The Kier molecular flexibility index (Phi) is 7.23. The van der Waals surface area contributed by atoms with Gasteiger partial charge in [-0.05, 0) is 61.5 Å². The number of carbonyl (C=O) groups excluding carboxylic acids is 1. The van der Waals surface area contributed by atoms with E-state index in [-0.39, 0.29) is 6.04 Å². The monoisotopic (exact) mass is 485 g/mol. The molecule has 182 valence electrons. The van der Waals surface area contributed by atoms with E-state index in [4.69, 9.17) is 0 Å². The molecule has 4 rings (SSSR count). The zero-order valence-corrected chi connectivity index (χ0v) is 20.1. The SMILES string of the molecule is CS(=O)(=O)NC(=O)c1ccc(CN2CCC(CN(C(=O)O)[C@@H]3C[C@H]3c3ccccc3)CC2)cc1. The molecule has 2 aromatic carbocycles. The molecule has 2 fully saturated rings. The Morgan fingerprint density at radius 3 is 2.29 bits per heavy atom. The summed E-state index contributed by atoms with van der Waals surface area (Å²) in [6.45, 7) is 3.10. The van der Waals surface area contributed by atoms with Crippen molar-refractivity contribution in [2.24, 2.45) is 5.92 Å². The highest BCUT2D eigenvalue weighted by Gasteiger charge is 2.45. The van der Waals surface area contributed by atoms with E-state index in [0.717, 1.165) is 50.7 Å². The van der Waals surface area contributed by atoms with Crippen LogP contribution >= 0.6 is 0 Å². The van der Waals surface area contributed by atoms with Crippen molar-refractivity contribution in [1.82, 2.24) is 14.5 Å². The summed E-state index contributed by atoms with van der Waals surface area (Å²) in [5.74, 6) is 0.0225. The lowest BCUT2D eigenvalue weighted by Gasteiger charge is -2.34. The van der Waals surface area contributed by atoms with E-state index in [9.17, 15) is 23.1 Å². The Labute approximate surface area is 200 Å². The van der Waals surface area contributed by atoms with Crippen LogP contribution in [0.1, 0.15) is 46.7 Å². The minimum absolute atomic E-state index is 0.0799. The summed E-state index contributed by atoms with van der Waals surface area (Å²) in [5, 5.41) is 9.80. The highest BCUT2D eigenvalue weighted by Crippen LogP contribution is 2.45. The first-order chi connectivity index (χ1) is 16.2. The summed E-state index contributed by atoms with van der Waals surface area (Å²) in [6, 6.07) is 17.2. The molecule has 2 aromatic rings. The van der Waals surface area contributed by atoms with Crippen molar-refractivity contribution in [1.29, 1.82) is 0 Å². The summed E-state index contributed by atoms with van der Waals surface area (Å²) in [4.78, 5) is 27.9. The summed E-state index contributed by atoms with van der Waals surface area (Å²) in [5.41, 5.74) is 2.56. The molecule has 1 saturated carbocycles. The van der Waals surface area contributed by atoms with Crippen LogP contribution in [0.2, 0.25) is 0 Å². The van der Waals surface area contributed by atoms with Crippen molar-refractivity contribution in [3.63, 3.8) is 0 Å². The molecule has 0 radical (unpaired) electrons. The van der Waals surface area contributed by atoms with Gasteiger partial charge in [0.05, 0.1) is 6.26 Å². The fourth-order valence-electron chi connectivity index (χ4n) is 4.79. The number of amides is 2. The van der Waals surface area contributed by atoms with Crippen molar-refractivity contribution < 1.29 is 23.1 Å². The Bertz CT molecular complexity index is 1110. The number of benzene rings is 2. The maximum atomic E-state index is 11.9. The van der Waals surface area contributed by atoms with Crippen molar-refractivity contribution in [3.05, 3.63) is 71.3 Å². The number of piperidine rings is 1. The number of nitrogens with zero attached hydrogens (tertiary/aromatic N) is 2. The van der Waals surface area contributed by atoms with Gasteiger partial charge in [0.25, 0.3) is 5.91 Å². The zero-order chi connectivity index (χ0) is 24.3. The smallest absolute Gasteiger partial charge is 0.407 e. The second kappa shape index (κ2) is 10.1. The average molecular weight is 486 g/mol. The van der Waals surface area contributed by atoms with Crippen LogP contribution in [-0.4, -0.2) is 67.3 Å². The first-order valence-electron chi connectivity index (χ1n) is 11.6. The molecule has 9 heteroatoms. The van der Waals surface area contributed by atoms with E-state index in [1.54, 1.807) is 17.0 Å².